The number of aromatic nitrogens is 2. The molecule has 0 bridgehead atoms. The summed E-state index contributed by atoms with van der Waals surface area (Å²) >= 11 is 0. The first-order chi connectivity index (χ1) is 9.78. The molecule has 0 aliphatic heterocycles. The molecular weight excluding hydrogens is 252 g/mol. The number of nitriles is 1. The molecule has 1 heterocycles. The molecule has 20 heavy (non-hydrogen) atoms. The van der Waals surface area contributed by atoms with Crippen LogP contribution in [0.15, 0.2) is 24.3 Å². The van der Waals surface area contributed by atoms with E-state index < -0.39 is 0 Å². The Morgan fingerprint density at radius 2 is 2.10 bits per heavy atom. The topological polar surface area (TPSA) is 81.8 Å². The molecule has 1 saturated carbocycles. The van der Waals surface area contributed by atoms with Gasteiger partial charge in [0.1, 0.15) is 6.07 Å². The highest BCUT2D eigenvalue weighted by atomic mass is 16.3. The lowest BCUT2D eigenvalue weighted by molar-refractivity contribution is 0.253. The van der Waals surface area contributed by atoms with Gasteiger partial charge in [-0.1, -0.05) is 18.2 Å². The van der Waals surface area contributed by atoms with E-state index in [4.69, 9.17) is 5.11 Å². The molecule has 1 aliphatic rings. The second-order valence-corrected chi connectivity index (χ2v) is 5.38. The molecule has 2 aromatic rings. The third kappa shape index (κ3) is 2.30. The van der Waals surface area contributed by atoms with Crippen LogP contribution in [0.2, 0.25) is 0 Å². The zero-order valence-electron chi connectivity index (χ0n) is 11.1. The van der Waals surface area contributed by atoms with E-state index >= 15 is 0 Å². The molecule has 1 aromatic carbocycles. The van der Waals surface area contributed by atoms with E-state index in [1.54, 1.807) is 0 Å². The fourth-order valence-corrected chi connectivity index (χ4v) is 2.52. The summed E-state index contributed by atoms with van der Waals surface area (Å²) in [5.74, 6) is 0. The fourth-order valence-electron chi connectivity index (χ4n) is 2.52. The summed E-state index contributed by atoms with van der Waals surface area (Å²) in [6.45, 7) is 0.972. The number of hydrogen-bond acceptors (Lipinski definition) is 5. The summed E-state index contributed by atoms with van der Waals surface area (Å²) in [6, 6.07) is 9.75. The number of benzene rings is 1. The van der Waals surface area contributed by atoms with E-state index in [1.165, 1.54) is 0 Å². The van der Waals surface area contributed by atoms with E-state index in [-0.39, 0.29) is 12.0 Å². The van der Waals surface area contributed by atoms with Crippen LogP contribution < -0.4 is 5.32 Å². The van der Waals surface area contributed by atoms with Crippen LogP contribution in [-0.4, -0.2) is 28.5 Å². The van der Waals surface area contributed by atoms with E-state index in [1.807, 2.05) is 24.3 Å². The Kier molecular flexibility index (Phi) is 3.25. The molecule has 0 radical (unpaired) electrons. The fraction of sp³-hybridized carbons (Fsp3) is 0.400. The lowest BCUT2D eigenvalue weighted by Crippen LogP contribution is -2.18. The normalized spacial score (nSPS) is 15.8. The van der Waals surface area contributed by atoms with Crippen LogP contribution in [0.1, 0.15) is 25.0 Å². The summed E-state index contributed by atoms with van der Waals surface area (Å²) in [5, 5.41) is 30.6. The molecule has 2 N–H and O–H groups in total. The Bertz CT molecular complexity index is 673. The van der Waals surface area contributed by atoms with Crippen LogP contribution >= 0.6 is 0 Å². The van der Waals surface area contributed by atoms with Crippen molar-refractivity contribution in [1.29, 1.82) is 5.26 Å². The summed E-state index contributed by atoms with van der Waals surface area (Å²) in [4.78, 5) is 0. The average Bonchev–Trinajstić information content (AvgIpc) is 3.25. The van der Waals surface area contributed by atoms with Crippen molar-refractivity contribution in [2.24, 2.45) is 5.41 Å². The number of aliphatic hydroxyl groups excluding tert-OH is 1. The molecule has 0 atom stereocenters. The summed E-state index contributed by atoms with van der Waals surface area (Å²) in [7, 11) is 0. The third-order valence-corrected chi connectivity index (χ3v) is 4.01. The van der Waals surface area contributed by atoms with Gasteiger partial charge in [0.15, 0.2) is 5.69 Å². The monoisotopic (exact) mass is 268 g/mol. The second-order valence-electron chi connectivity index (χ2n) is 5.38. The molecule has 0 spiro atoms. The maximum atomic E-state index is 9.19. The highest BCUT2D eigenvalue weighted by Crippen LogP contribution is 2.48. The van der Waals surface area contributed by atoms with Crippen molar-refractivity contribution in [1.82, 2.24) is 10.2 Å². The molecule has 1 aromatic heterocycles. The minimum atomic E-state index is 0.186. The quantitative estimate of drug-likeness (QED) is 0.867. The van der Waals surface area contributed by atoms with E-state index in [2.05, 4.69) is 21.6 Å². The van der Waals surface area contributed by atoms with Gasteiger partial charge in [0.05, 0.1) is 11.2 Å². The van der Waals surface area contributed by atoms with Gasteiger partial charge in [0, 0.05) is 18.5 Å². The smallest absolute Gasteiger partial charge is 0.186 e. The Balaban J connectivity index is 1.92. The molecule has 1 fully saturated rings. The van der Waals surface area contributed by atoms with Gasteiger partial charge in [-0.2, -0.15) is 5.26 Å². The maximum absolute atomic E-state index is 9.19. The summed E-state index contributed by atoms with van der Waals surface area (Å²) < 4.78 is 0. The van der Waals surface area contributed by atoms with Crippen molar-refractivity contribution < 1.29 is 5.11 Å². The van der Waals surface area contributed by atoms with Crippen molar-refractivity contribution in [3.05, 3.63) is 30.0 Å². The van der Waals surface area contributed by atoms with Crippen LogP contribution in [0.3, 0.4) is 0 Å². The summed E-state index contributed by atoms with van der Waals surface area (Å²) in [5.41, 5.74) is 2.04. The first kappa shape index (κ1) is 12.8. The maximum Gasteiger partial charge on any atom is 0.186 e. The molecule has 5 heteroatoms. The van der Waals surface area contributed by atoms with Crippen molar-refractivity contribution in [2.45, 2.75) is 19.3 Å². The zero-order valence-corrected chi connectivity index (χ0v) is 11.1. The van der Waals surface area contributed by atoms with Crippen LogP contribution in [0.4, 0.5) is 5.69 Å². The number of nitrogens with one attached hydrogen (secondary N) is 1. The average molecular weight is 268 g/mol. The Morgan fingerprint density at radius 1 is 1.30 bits per heavy atom. The van der Waals surface area contributed by atoms with Gasteiger partial charge in [0.25, 0.3) is 0 Å². The van der Waals surface area contributed by atoms with Crippen molar-refractivity contribution in [3.8, 4) is 6.07 Å². The molecule has 0 unspecified atom stereocenters. The molecule has 3 rings (SSSR count). The third-order valence-electron chi connectivity index (χ3n) is 4.01. The van der Waals surface area contributed by atoms with Gasteiger partial charge in [-0.3, -0.25) is 0 Å². The van der Waals surface area contributed by atoms with Crippen molar-refractivity contribution in [3.63, 3.8) is 0 Å². The van der Waals surface area contributed by atoms with E-state index in [0.717, 1.165) is 42.4 Å². The van der Waals surface area contributed by atoms with Gasteiger partial charge in [-0.05, 0) is 30.7 Å². The highest BCUT2D eigenvalue weighted by molar-refractivity contribution is 5.92. The standard InChI is InChI=1S/C15H16N4O/c16-9-13-14(17-10-15(5-6-15)7-8-20)11-3-1-2-4-12(11)18-19-13/h1-4,20H,5-8,10H2,(H,17,18). The molecule has 102 valence electrons. The number of fused-ring (bicyclic) bond motifs is 1. The number of aliphatic hydroxyl groups is 1. The van der Waals surface area contributed by atoms with Crippen molar-refractivity contribution in [2.75, 3.05) is 18.5 Å². The second kappa shape index (κ2) is 5.06. The molecular formula is C15H16N4O. The Labute approximate surface area is 117 Å². The minimum absolute atomic E-state index is 0.186. The van der Waals surface area contributed by atoms with Gasteiger partial charge in [0.2, 0.25) is 0 Å². The zero-order chi connectivity index (χ0) is 14.0. The highest BCUT2D eigenvalue weighted by Gasteiger charge is 2.41. The molecule has 1 aliphatic carbocycles. The Hall–Kier alpha value is -2.19. The minimum Gasteiger partial charge on any atom is -0.396 e. The van der Waals surface area contributed by atoms with Gasteiger partial charge < -0.3 is 10.4 Å². The van der Waals surface area contributed by atoms with E-state index in [9.17, 15) is 5.26 Å². The lowest BCUT2D eigenvalue weighted by Gasteiger charge is -2.17. The van der Waals surface area contributed by atoms with Gasteiger partial charge in [-0.25, -0.2) is 0 Å². The predicted octanol–water partition coefficient (Wildman–Crippen LogP) is 2.08. The number of rotatable bonds is 5. The molecule has 0 saturated heterocycles. The van der Waals surface area contributed by atoms with Crippen molar-refractivity contribution >= 4 is 16.6 Å². The predicted molar refractivity (Wildman–Crippen MR) is 76.1 cm³/mol. The SMILES string of the molecule is N#Cc1nnc2ccccc2c1NCC1(CCO)CC1. The van der Waals surface area contributed by atoms with Crippen LogP contribution in [-0.2, 0) is 0 Å². The number of anilines is 1. The molecule has 5 nitrogen and oxygen atoms in total. The van der Waals surface area contributed by atoms with Crippen LogP contribution in [0.5, 0.6) is 0 Å². The first-order valence-electron chi connectivity index (χ1n) is 6.78. The first-order valence-corrected chi connectivity index (χ1v) is 6.78. The Morgan fingerprint density at radius 3 is 2.80 bits per heavy atom. The van der Waals surface area contributed by atoms with Crippen LogP contribution in [0, 0.1) is 16.7 Å². The van der Waals surface area contributed by atoms with Crippen LogP contribution in [0.25, 0.3) is 10.9 Å². The van der Waals surface area contributed by atoms with Gasteiger partial charge in [-0.15, -0.1) is 10.2 Å². The summed E-state index contributed by atoms with van der Waals surface area (Å²) in [6.07, 6.45) is 3.05. The van der Waals surface area contributed by atoms with Gasteiger partial charge >= 0.3 is 0 Å². The number of hydrogen-bond donors (Lipinski definition) is 2. The lowest BCUT2D eigenvalue weighted by atomic mass is 10.0. The molecule has 0 amide bonds. The number of nitrogens with zero attached hydrogens (tertiary/aromatic N) is 3. The largest absolute Gasteiger partial charge is 0.396 e. The van der Waals surface area contributed by atoms with E-state index in [0.29, 0.717) is 5.69 Å².